The van der Waals surface area contributed by atoms with E-state index in [1.165, 1.54) is 0 Å². The zero-order chi connectivity index (χ0) is 9.68. The lowest BCUT2D eigenvalue weighted by atomic mass is 10.3. The number of anilines is 1. The largest absolute Gasteiger partial charge is 0.392 e. The average molecular weight is 177 g/mol. The van der Waals surface area contributed by atoms with Crippen LogP contribution < -0.4 is 5.32 Å². The van der Waals surface area contributed by atoms with E-state index in [4.69, 9.17) is 10.4 Å². The highest BCUT2D eigenvalue weighted by atomic mass is 16.3. The Bertz CT molecular complexity index is 300. The van der Waals surface area contributed by atoms with Crippen molar-refractivity contribution in [2.45, 2.75) is 13.0 Å². The van der Waals surface area contributed by atoms with Gasteiger partial charge in [-0.2, -0.15) is 5.26 Å². The van der Waals surface area contributed by atoms with Crippen molar-refractivity contribution >= 4 is 5.69 Å². The third-order valence-corrected chi connectivity index (χ3v) is 1.48. The molecule has 0 aromatic carbocycles. The molecule has 2 N–H and O–H groups in total. The highest BCUT2D eigenvalue weighted by Crippen LogP contribution is 2.04. The SMILES string of the molecule is CC(O)CNc1ccc(C#N)nc1. The van der Waals surface area contributed by atoms with Crippen LogP contribution in [0, 0.1) is 11.3 Å². The number of pyridine rings is 1. The molecular formula is C9H11N3O. The smallest absolute Gasteiger partial charge is 0.140 e. The molecule has 1 aromatic heterocycles. The first-order chi connectivity index (χ1) is 6.22. The predicted molar refractivity (Wildman–Crippen MR) is 49.1 cm³/mol. The number of nitrogens with one attached hydrogen (secondary N) is 1. The molecule has 0 fully saturated rings. The van der Waals surface area contributed by atoms with Crippen LogP contribution in [0.1, 0.15) is 12.6 Å². The third kappa shape index (κ3) is 3.09. The number of hydrogen-bond acceptors (Lipinski definition) is 4. The Morgan fingerprint density at radius 1 is 1.69 bits per heavy atom. The van der Waals surface area contributed by atoms with Gasteiger partial charge in [0.05, 0.1) is 18.0 Å². The molecule has 0 bridgehead atoms. The minimum absolute atomic E-state index is 0.391. The molecule has 0 aliphatic heterocycles. The number of nitriles is 1. The second-order valence-electron chi connectivity index (χ2n) is 2.77. The van der Waals surface area contributed by atoms with Crippen LogP contribution in [-0.4, -0.2) is 22.7 Å². The lowest BCUT2D eigenvalue weighted by molar-refractivity contribution is 0.208. The van der Waals surface area contributed by atoms with Gasteiger partial charge in [-0.15, -0.1) is 0 Å². The maximum atomic E-state index is 8.98. The lowest BCUT2D eigenvalue weighted by Gasteiger charge is -2.07. The number of aliphatic hydroxyl groups excluding tert-OH is 1. The van der Waals surface area contributed by atoms with E-state index in [1.807, 2.05) is 6.07 Å². The molecule has 4 heteroatoms. The summed E-state index contributed by atoms with van der Waals surface area (Å²) in [6, 6.07) is 5.32. The van der Waals surface area contributed by atoms with Crippen molar-refractivity contribution in [1.29, 1.82) is 5.26 Å². The van der Waals surface area contributed by atoms with Gasteiger partial charge in [0.2, 0.25) is 0 Å². The van der Waals surface area contributed by atoms with Gasteiger partial charge in [-0.1, -0.05) is 0 Å². The molecule has 1 atom stereocenters. The summed E-state index contributed by atoms with van der Waals surface area (Å²) in [7, 11) is 0. The Labute approximate surface area is 76.8 Å². The van der Waals surface area contributed by atoms with Crippen LogP contribution in [0.2, 0.25) is 0 Å². The van der Waals surface area contributed by atoms with E-state index in [2.05, 4.69) is 10.3 Å². The average Bonchev–Trinajstić information content (AvgIpc) is 2.15. The van der Waals surface area contributed by atoms with E-state index in [-0.39, 0.29) is 0 Å². The number of aromatic nitrogens is 1. The number of nitrogens with zero attached hydrogens (tertiary/aromatic N) is 2. The van der Waals surface area contributed by atoms with Crippen molar-refractivity contribution in [3.63, 3.8) is 0 Å². The van der Waals surface area contributed by atoms with Gasteiger partial charge in [-0.3, -0.25) is 0 Å². The van der Waals surface area contributed by atoms with Gasteiger partial charge in [0.1, 0.15) is 11.8 Å². The molecule has 0 radical (unpaired) electrons. The van der Waals surface area contributed by atoms with E-state index in [0.29, 0.717) is 12.2 Å². The van der Waals surface area contributed by atoms with E-state index in [1.54, 1.807) is 25.3 Å². The molecule has 13 heavy (non-hydrogen) atoms. The van der Waals surface area contributed by atoms with E-state index in [9.17, 15) is 0 Å². The fraction of sp³-hybridized carbons (Fsp3) is 0.333. The summed E-state index contributed by atoms with van der Waals surface area (Å²) in [5.41, 5.74) is 1.20. The van der Waals surface area contributed by atoms with Crippen molar-refractivity contribution in [1.82, 2.24) is 4.98 Å². The van der Waals surface area contributed by atoms with Crippen molar-refractivity contribution in [3.05, 3.63) is 24.0 Å². The fourth-order valence-electron chi connectivity index (χ4n) is 0.830. The quantitative estimate of drug-likeness (QED) is 0.714. The topological polar surface area (TPSA) is 68.9 Å². The fourth-order valence-corrected chi connectivity index (χ4v) is 0.830. The molecule has 1 aromatic rings. The summed E-state index contributed by atoms with van der Waals surface area (Å²) in [6.45, 7) is 2.18. The van der Waals surface area contributed by atoms with Crippen LogP contribution in [-0.2, 0) is 0 Å². The minimum Gasteiger partial charge on any atom is -0.392 e. The molecule has 4 nitrogen and oxygen atoms in total. The number of rotatable bonds is 3. The molecule has 0 amide bonds. The summed E-state index contributed by atoms with van der Waals surface area (Å²) in [5, 5.41) is 20.4. The Hall–Kier alpha value is -1.60. The molecule has 0 spiro atoms. The maximum Gasteiger partial charge on any atom is 0.140 e. The van der Waals surface area contributed by atoms with Crippen molar-refractivity contribution in [3.8, 4) is 6.07 Å². The third-order valence-electron chi connectivity index (χ3n) is 1.48. The van der Waals surface area contributed by atoms with Crippen molar-refractivity contribution < 1.29 is 5.11 Å². The highest BCUT2D eigenvalue weighted by Gasteiger charge is 1.96. The van der Waals surface area contributed by atoms with Gasteiger partial charge in [-0.05, 0) is 19.1 Å². The Morgan fingerprint density at radius 2 is 2.46 bits per heavy atom. The summed E-state index contributed by atoms with van der Waals surface area (Å²) in [6.07, 6.45) is 1.18. The molecule has 1 unspecified atom stereocenters. The van der Waals surface area contributed by atoms with E-state index < -0.39 is 6.10 Å². The maximum absolute atomic E-state index is 8.98. The van der Waals surface area contributed by atoms with Gasteiger partial charge in [0.25, 0.3) is 0 Å². The van der Waals surface area contributed by atoms with Crippen LogP contribution >= 0.6 is 0 Å². The van der Waals surface area contributed by atoms with Crippen LogP contribution in [0.15, 0.2) is 18.3 Å². The monoisotopic (exact) mass is 177 g/mol. The second-order valence-corrected chi connectivity index (χ2v) is 2.77. The van der Waals surface area contributed by atoms with Crippen molar-refractivity contribution in [2.75, 3.05) is 11.9 Å². The van der Waals surface area contributed by atoms with Crippen LogP contribution in [0.3, 0.4) is 0 Å². The first kappa shape index (κ1) is 9.49. The van der Waals surface area contributed by atoms with Crippen molar-refractivity contribution in [2.24, 2.45) is 0 Å². The van der Waals surface area contributed by atoms with E-state index >= 15 is 0 Å². The minimum atomic E-state index is -0.393. The standard InChI is InChI=1S/C9H11N3O/c1-7(13)5-11-9-3-2-8(4-10)12-6-9/h2-3,6-7,11,13H,5H2,1H3. The zero-order valence-electron chi connectivity index (χ0n) is 7.36. The molecule has 0 aliphatic rings. The zero-order valence-corrected chi connectivity index (χ0v) is 7.36. The molecule has 1 rings (SSSR count). The van der Waals surface area contributed by atoms with Gasteiger partial charge in [0.15, 0.2) is 0 Å². The summed E-state index contributed by atoms with van der Waals surface area (Å²) >= 11 is 0. The van der Waals surface area contributed by atoms with Gasteiger partial charge in [0, 0.05) is 6.54 Å². The first-order valence-corrected chi connectivity index (χ1v) is 4.00. The highest BCUT2D eigenvalue weighted by molar-refractivity contribution is 5.42. The summed E-state index contributed by atoms with van der Waals surface area (Å²) in [5.74, 6) is 0. The van der Waals surface area contributed by atoms with Crippen LogP contribution in [0.4, 0.5) is 5.69 Å². The number of aliphatic hydroxyl groups is 1. The molecular weight excluding hydrogens is 166 g/mol. The summed E-state index contributed by atoms with van der Waals surface area (Å²) in [4.78, 5) is 3.87. The van der Waals surface area contributed by atoms with Gasteiger partial charge >= 0.3 is 0 Å². The summed E-state index contributed by atoms with van der Waals surface area (Å²) < 4.78 is 0. The first-order valence-electron chi connectivity index (χ1n) is 4.00. The lowest BCUT2D eigenvalue weighted by Crippen LogP contribution is -2.15. The van der Waals surface area contributed by atoms with Gasteiger partial charge in [-0.25, -0.2) is 4.98 Å². The number of hydrogen-bond donors (Lipinski definition) is 2. The molecule has 68 valence electrons. The van der Waals surface area contributed by atoms with Gasteiger partial charge < -0.3 is 10.4 Å². The normalized spacial score (nSPS) is 11.8. The molecule has 1 heterocycles. The van der Waals surface area contributed by atoms with Crippen LogP contribution in [0.25, 0.3) is 0 Å². The van der Waals surface area contributed by atoms with E-state index in [0.717, 1.165) is 5.69 Å². The molecule has 0 saturated heterocycles. The Kier molecular flexibility index (Phi) is 3.23. The molecule has 0 aliphatic carbocycles. The Morgan fingerprint density at radius 3 is 2.92 bits per heavy atom. The van der Waals surface area contributed by atoms with Crippen LogP contribution in [0.5, 0.6) is 0 Å². The predicted octanol–water partition coefficient (Wildman–Crippen LogP) is 0.746. The molecule has 0 saturated carbocycles. The second kappa shape index (κ2) is 4.43. The Balaban J connectivity index is 2.55.